The fourth-order valence-electron chi connectivity index (χ4n) is 2.88. The number of carbonyl (C=O) groups excluding carboxylic acids is 1. The van der Waals surface area contributed by atoms with Crippen molar-refractivity contribution in [1.29, 1.82) is 0 Å². The van der Waals surface area contributed by atoms with Crippen LogP contribution in [-0.4, -0.2) is 31.6 Å². The molecule has 0 amide bonds. The van der Waals surface area contributed by atoms with Gasteiger partial charge >= 0.3 is 0 Å². The Kier molecular flexibility index (Phi) is 6.33. The number of Topliss-reactive ketones (excluding diaryl/α,β-unsaturated/α-hetero) is 1. The van der Waals surface area contributed by atoms with Gasteiger partial charge < -0.3 is 0 Å². The predicted molar refractivity (Wildman–Crippen MR) is 121 cm³/mol. The number of hydrogen-bond acceptors (Lipinski definition) is 8. The van der Waals surface area contributed by atoms with E-state index in [0.29, 0.717) is 10.7 Å². The zero-order valence-electron chi connectivity index (χ0n) is 16.7. The SMILES string of the molecule is Cc1nc(-c2ccc(F)cc2)sc1-c1ccc(SCC(=O)c2cccc([N+](=O)[O-])c2)nn1. The number of rotatable bonds is 7. The van der Waals surface area contributed by atoms with Crippen molar-refractivity contribution >= 4 is 34.6 Å². The molecular weight excluding hydrogens is 451 g/mol. The first kappa shape index (κ1) is 21.7. The smallest absolute Gasteiger partial charge is 0.270 e. The van der Waals surface area contributed by atoms with E-state index in [1.54, 1.807) is 24.3 Å². The van der Waals surface area contributed by atoms with Crippen LogP contribution in [0, 0.1) is 22.9 Å². The molecule has 0 saturated heterocycles. The van der Waals surface area contributed by atoms with Crippen LogP contribution in [0.4, 0.5) is 10.1 Å². The number of halogens is 1. The summed E-state index contributed by atoms with van der Waals surface area (Å²) in [5, 5.41) is 20.6. The van der Waals surface area contributed by atoms with Gasteiger partial charge in [-0.2, -0.15) is 0 Å². The van der Waals surface area contributed by atoms with Crippen LogP contribution in [-0.2, 0) is 0 Å². The third kappa shape index (κ3) is 4.87. The van der Waals surface area contributed by atoms with E-state index >= 15 is 0 Å². The summed E-state index contributed by atoms with van der Waals surface area (Å²) in [5.41, 5.74) is 2.44. The Hall–Kier alpha value is -3.50. The topological polar surface area (TPSA) is 98.9 Å². The molecule has 0 fully saturated rings. The van der Waals surface area contributed by atoms with Crippen molar-refractivity contribution in [2.24, 2.45) is 0 Å². The lowest BCUT2D eigenvalue weighted by atomic mass is 10.1. The maximum atomic E-state index is 13.2. The van der Waals surface area contributed by atoms with E-state index in [-0.39, 0.29) is 28.6 Å². The standard InChI is InChI=1S/C22H15FN4O3S2/c1-13-21(32-22(24-13)14-5-7-16(23)8-6-14)18-9-10-20(26-25-18)31-12-19(28)15-3-2-4-17(11-15)27(29)30/h2-11H,12H2,1H3. The summed E-state index contributed by atoms with van der Waals surface area (Å²) in [7, 11) is 0. The molecule has 7 nitrogen and oxygen atoms in total. The molecule has 2 aromatic heterocycles. The molecule has 32 heavy (non-hydrogen) atoms. The van der Waals surface area contributed by atoms with Gasteiger partial charge in [0.05, 0.1) is 21.2 Å². The molecule has 0 saturated carbocycles. The average Bonchev–Trinajstić information content (AvgIpc) is 3.20. The van der Waals surface area contributed by atoms with Gasteiger partial charge in [-0.25, -0.2) is 9.37 Å². The van der Waals surface area contributed by atoms with Gasteiger partial charge in [0.2, 0.25) is 0 Å². The van der Waals surface area contributed by atoms with Crippen LogP contribution >= 0.6 is 23.1 Å². The minimum atomic E-state index is -0.531. The maximum Gasteiger partial charge on any atom is 0.270 e. The molecule has 2 aromatic carbocycles. The third-order valence-corrected chi connectivity index (χ3v) is 6.64. The zero-order chi connectivity index (χ0) is 22.7. The second kappa shape index (κ2) is 9.33. The number of benzene rings is 2. The van der Waals surface area contributed by atoms with Gasteiger partial charge in [0.15, 0.2) is 5.78 Å². The van der Waals surface area contributed by atoms with E-state index in [1.165, 1.54) is 53.4 Å². The molecule has 0 atom stereocenters. The van der Waals surface area contributed by atoms with Crippen molar-refractivity contribution in [2.75, 3.05) is 5.75 Å². The van der Waals surface area contributed by atoms with Crippen LogP contribution in [0.15, 0.2) is 65.7 Å². The van der Waals surface area contributed by atoms with E-state index in [1.807, 2.05) is 13.0 Å². The molecule has 160 valence electrons. The Morgan fingerprint density at radius 3 is 2.59 bits per heavy atom. The number of thiazole rings is 1. The molecule has 0 unspecified atom stereocenters. The Balaban J connectivity index is 1.44. The highest BCUT2D eigenvalue weighted by molar-refractivity contribution is 7.99. The van der Waals surface area contributed by atoms with Crippen molar-refractivity contribution in [3.8, 4) is 21.1 Å². The molecule has 0 aliphatic carbocycles. The lowest BCUT2D eigenvalue weighted by molar-refractivity contribution is -0.384. The van der Waals surface area contributed by atoms with Gasteiger partial charge in [-0.3, -0.25) is 14.9 Å². The van der Waals surface area contributed by atoms with Crippen LogP contribution in [0.5, 0.6) is 0 Å². The molecule has 0 N–H and O–H groups in total. The van der Waals surface area contributed by atoms with Crippen LogP contribution in [0.1, 0.15) is 16.1 Å². The molecule has 0 radical (unpaired) electrons. The molecule has 4 rings (SSSR count). The number of non-ortho nitro benzene ring substituents is 1. The van der Waals surface area contributed by atoms with E-state index in [2.05, 4.69) is 15.2 Å². The Morgan fingerprint density at radius 2 is 1.91 bits per heavy atom. The van der Waals surface area contributed by atoms with E-state index in [9.17, 15) is 19.3 Å². The molecule has 0 spiro atoms. The summed E-state index contributed by atoms with van der Waals surface area (Å²) in [5.74, 6) is -0.444. The minimum Gasteiger partial charge on any atom is -0.293 e. The van der Waals surface area contributed by atoms with Gasteiger partial charge in [0.25, 0.3) is 5.69 Å². The van der Waals surface area contributed by atoms with Crippen LogP contribution in [0.25, 0.3) is 21.1 Å². The van der Waals surface area contributed by atoms with E-state index in [4.69, 9.17) is 0 Å². The normalized spacial score (nSPS) is 10.8. The lowest BCUT2D eigenvalue weighted by Gasteiger charge is -2.02. The molecule has 10 heteroatoms. The molecule has 0 aliphatic heterocycles. The van der Waals surface area contributed by atoms with Crippen molar-refractivity contribution in [3.05, 3.63) is 87.9 Å². The quantitative estimate of drug-likeness (QED) is 0.151. The Labute approximate surface area is 190 Å². The number of hydrogen-bond donors (Lipinski definition) is 0. The van der Waals surface area contributed by atoms with Crippen LogP contribution in [0.2, 0.25) is 0 Å². The van der Waals surface area contributed by atoms with Crippen molar-refractivity contribution in [1.82, 2.24) is 15.2 Å². The number of nitro groups is 1. The third-order valence-electron chi connectivity index (χ3n) is 4.49. The fourth-order valence-corrected chi connectivity index (χ4v) is 4.63. The van der Waals surface area contributed by atoms with Crippen LogP contribution < -0.4 is 0 Å². The lowest BCUT2D eigenvalue weighted by Crippen LogP contribution is -2.03. The van der Waals surface area contributed by atoms with Crippen molar-refractivity contribution in [3.63, 3.8) is 0 Å². The molecule has 4 aromatic rings. The van der Waals surface area contributed by atoms with Gasteiger partial charge in [-0.15, -0.1) is 21.5 Å². The van der Waals surface area contributed by atoms with Gasteiger partial charge in [-0.05, 0) is 43.3 Å². The highest BCUT2D eigenvalue weighted by Crippen LogP contribution is 2.34. The minimum absolute atomic E-state index is 0.0868. The highest BCUT2D eigenvalue weighted by Gasteiger charge is 2.15. The number of carbonyl (C=O) groups is 1. The van der Waals surface area contributed by atoms with Gasteiger partial charge in [0, 0.05) is 23.3 Å². The number of nitrogens with zero attached hydrogens (tertiary/aromatic N) is 4. The first-order valence-electron chi connectivity index (χ1n) is 9.38. The first-order valence-corrected chi connectivity index (χ1v) is 11.2. The second-order valence-corrected chi connectivity index (χ2v) is 8.71. The van der Waals surface area contributed by atoms with Crippen LogP contribution in [0.3, 0.4) is 0 Å². The molecule has 0 aliphatic rings. The molecule has 0 bridgehead atoms. The number of nitro benzene ring substituents is 1. The highest BCUT2D eigenvalue weighted by atomic mass is 32.2. The van der Waals surface area contributed by atoms with Crippen molar-refractivity contribution in [2.45, 2.75) is 11.9 Å². The van der Waals surface area contributed by atoms with Crippen molar-refractivity contribution < 1.29 is 14.1 Å². The summed E-state index contributed by atoms with van der Waals surface area (Å²) >= 11 is 2.65. The second-order valence-electron chi connectivity index (χ2n) is 6.72. The Morgan fingerprint density at radius 1 is 1.12 bits per heavy atom. The maximum absolute atomic E-state index is 13.2. The summed E-state index contributed by atoms with van der Waals surface area (Å²) < 4.78 is 13.2. The first-order chi connectivity index (χ1) is 15.4. The largest absolute Gasteiger partial charge is 0.293 e. The summed E-state index contributed by atoms with van der Waals surface area (Å²) in [6.07, 6.45) is 0. The summed E-state index contributed by atoms with van der Waals surface area (Å²) in [6, 6.07) is 15.4. The van der Waals surface area contributed by atoms with E-state index < -0.39 is 4.92 Å². The number of aryl methyl sites for hydroxylation is 1. The van der Waals surface area contributed by atoms with E-state index in [0.717, 1.165) is 21.1 Å². The zero-order valence-corrected chi connectivity index (χ0v) is 18.3. The number of ketones is 1. The molecule has 2 heterocycles. The average molecular weight is 467 g/mol. The number of aromatic nitrogens is 3. The number of thioether (sulfide) groups is 1. The Bertz CT molecular complexity index is 1290. The summed E-state index contributed by atoms with van der Waals surface area (Å²) in [4.78, 5) is 28.1. The monoisotopic (exact) mass is 466 g/mol. The fraction of sp³-hybridized carbons (Fsp3) is 0.0909. The predicted octanol–water partition coefficient (Wildman–Crippen LogP) is 5.60. The van der Waals surface area contributed by atoms with Gasteiger partial charge in [0.1, 0.15) is 21.5 Å². The van der Waals surface area contributed by atoms with Gasteiger partial charge in [-0.1, -0.05) is 23.9 Å². The molecular formula is C22H15FN4O3S2. The summed E-state index contributed by atoms with van der Waals surface area (Å²) in [6.45, 7) is 1.88.